The summed E-state index contributed by atoms with van der Waals surface area (Å²) >= 11 is 5.94. The van der Waals surface area contributed by atoms with Crippen LogP contribution in [0.5, 0.6) is 5.75 Å². The zero-order chi connectivity index (χ0) is 10.7. The van der Waals surface area contributed by atoms with E-state index in [-0.39, 0.29) is 0 Å². The van der Waals surface area contributed by atoms with E-state index in [1.807, 2.05) is 6.07 Å². The monoisotopic (exact) mass is 223 g/mol. The third-order valence-corrected chi connectivity index (χ3v) is 2.23. The van der Waals surface area contributed by atoms with Gasteiger partial charge in [0.2, 0.25) is 0 Å². The molecule has 0 saturated carbocycles. The number of anilines is 1. The van der Waals surface area contributed by atoms with Crippen LogP contribution in [0.1, 0.15) is 5.56 Å². The van der Waals surface area contributed by atoms with Crippen molar-refractivity contribution in [3.05, 3.63) is 47.4 Å². The Labute approximate surface area is 92.4 Å². The van der Waals surface area contributed by atoms with Crippen LogP contribution in [-0.2, 0) is 6.61 Å². The van der Waals surface area contributed by atoms with Crippen LogP contribution >= 0.6 is 11.6 Å². The van der Waals surface area contributed by atoms with Crippen LogP contribution in [0, 0.1) is 0 Å². The molecule has 0 radical (unpaired) electrons. The molecule has 3 nitrogen and oxygen atoms in total. The Bertz CT molecular complexity index is 440. The van der Waals surface area contributed by atoms with E-state index >= 15 is 0 Å². The molecule has 1 aromatic carbocycles. The minimum absolute atomic E-state index is 0.431. The molecule has 0 aliphatic rings. The van der Waals surface area contributed by atoms with Gasteiger partial charge in [-0.15, -0.1) is 0 Å². The standard InChI is InChI=1S/C11H10ClNO2/c12-10-5-9(13)1-2-11(10)15-7-8-3-4-14-6-8/h1-6H,7,13H2. The van der Waals surface area contributed by atoms with Gasteiger partial charge in [0.15, 0.2) is 0 Å². The van der Waals surface area contributed by atoms with Gasteiger partial charge < -0.3 is 14.9 Å². The predicted octanol–water partition coefficient (Wildman–Crippen LogP) is 3.09. The molecule has 0 saturated heterocycles. The summed E-state index contributed by atoms with van der Waals surface area (Å²) in [5, 5.41) is 0.512. The lowest BCUT2D eigenvalue weighted by Gasteiger charge is -2.06. The summed E-state index contributed by atoms with van der Waals surface area (Å²) in [6.07, 6.45) is 3.23. The first-order chi connectivity index (χ1) is 7.25. The number of halogens is 1. The van der Waals surface area contributed by atoms with Gasteiger partial charge in [-0.1, -0.05) is 11.6 Å². The van der Waals surface area contributed by atoms with Crippen LogP contribution in [0.4, 0.5) is 5.69 Å². The van der Waals surface area contributed by atoms with Crippen molar-refractivity contribution in [1.82, 2.24) is 0 Å². The minimum Gasteiger partial charge on any atom is -0.487 e. The SMILES string of the molecule is Nc1ccc(OCc2ccoc2)c(Cl)c1. The number of furan rings is 1. The number of hydrogen-bond acceptors (Lipinski definition) is 3. The molecule has 2 N–H and O–H groups in total. The summed E-state index contributed by atoms with van der Waals surface area (Å²) in [7, 11) is 0. The molecule has 0 atom stereocenters. The lowest BCUT2D eigenvalue weighted by atomic mass is 10.3. The van der Waals surface area contributed by atoms with Gasteiger partial charge in [0.05, 0.1) is 17.5 Å². The first-order valence-corrected chi connectivity index (χ1v) is 4.82. The molecular weight excluding hydrogens is 214 g/mol. The second kappa shape index (κ2) is 4.28. The maximum atomic E-state index is 5.94. The quantitative estimate of drug-likeness (QED) is 0.814. The van der Waals surface area contributed by atoms with Gasteiger partial charge in [-0.25, -0.2) is 0 Å². The first kappa shape index (κ1) is 9.93. The summed E-state index contributed by atoms with van der Waals surface area (Å²) in [4.78, 5) is 0. The van der Waals surface area contributed by atoms with E-state index in [1.165, 1.54) is 0 Å². The van der Waals surface area contributed by atoms with Crippen LogP contribution in [0.3, 0.4) is 0 Å². The van der Waals surface area contributed by atoms with Crippen molar-refractivity contribution < 1.29 is 9.15 Å². The molecular formula is C11H10ClNO2. The van der Waals surface area contributed by atoms with E-state index in [1.54, 1.807) is 30.7 Å². The average Bonchev–Trinajstić information content (AvgIpc) is 2.69. The van der Waals surface area contributed by atoms with Gasteiger partial charge in [-0.3, -0.25) is 0 Å². The van der Waals surface area contributed by atoms with Gasteiger partial charge >= 0.3 is 0 Å². The molecule has 1 aromatic heterocycles. The predicted molar refractivity (Wildman–Crippen MR) is 58.9 cm³/mol. The molecule has 0 fully saturated rings. The van der Waals surface area contributed by atoms with Crippen molar-refractivity contribution in [2.45, 2.75) is 6.61 Å². The fraction of sp³-hybridized carbons (Fsp3) is 0.0909. The Kier molecular flexibility index (Phi) is 2.83. The highest BCUT2D eigenvalue weighted by Gasteiger charge is 2.02. The van der Waals surface area contributed by atoms with Gasteiger partial charge in [0, 0.05) is 11.3 Å². The Hall–Kier alpha value is -1.61. The van der Waals surface area contributed by atoms with Gasteiger partial charge in [-0.05, 0) is 24.3 Å². The third-order valence-electron chi connectivity index (χ3n) is 1.93. The zero-order valence-corrected chi connectivity index (χ0v) is 8.70. The van der Waals surface area contributed by atoms with Gasteiger partial charge in [-0.2, -0.15) is 0 Å². The Morgan fingerprint density at radius 3 is 2.87 bits per heavy atom. The van der Waals surface area contributed by atoms with E-state index < -0.39 is 0 Å². The lowest BCUT2D eigenvalue weighted by Crippen LogP contribution is -1.95. The van der Waals surface area contributed by atoms with Crippen molar-refractivity contribution in [1.29, 1.82) is 0 Å². The molecule has 4 heteroatoms. The maximum absolute atomic E-state index is 5.94. The normalized spacial score (nSPS) is 10.2. The van der Waals surface area contributed by atoms with Crippen molar-refractivity contribution in [3.8, 4) is 5.75 Å². The fourth-order valence-corrected chi connectivity index (χ4v) is 1.41. The van der Waals surface area contributed by atoms with Gasteiger partial charge in [0.1, 0.15) is 12.4 Å². The second-order valence-corrected chi connectivity index (χ2v) is 3.52. The Balaban J connectivity index is 2.05. The van der Waals surface area contributed by atoms with Crippen LogP contribution in [-0.4, -0.2) is 0 Å². The highest BCUT2D eigenvalue weighted by atomic mass is 35.5. The number of hydrogen-bond donors (Lipinski definition) is 1. The minimum atomic E-state index is 0.431. The lowest BCUT2D eigenvalue weighted by molar-refractivity contribution is 0.305. The summed E-state index contributed by atoms with van der Waals surface area (Å²) in [6, 6.07) is 6.99. The first-order valence-electron chi connectivity index (χ1n) is 4.44. The summed E-state index contributed by atoms with van der Waals surface area (Å²) in [5.41, 5.74) is 7.15. The summed E-state index contributed by atoms with van der Waals surface area (Å²) < 4.78 is 10.4. The van der Waals surface area contributed by atoms with E-state index in [0.29, 0.717) is 23.1 Å². The van der Waals surface area contributed by atoms with E-state index in [9.17, 15) is 0 Å². The molecule has 15 heavy (non-hydrogen) atoms. The zero-order valence-electron chi connectivity index (χ0n) is 7.94. The molecule has 78 valence electrons. The Morgan fingerprint density at radius 2 is 2.20 bits per heavy atom. The van der Waals surface area contributed by atoms with E-state index in [4.69, 9.17) is 26.5 Å². The van der Waals surface area contributed by atoms with Crippen LogP contribution in [0.15, 0.2) is 41.2 Å². The van der Waals surface area contributed by atoms with Crippen molar-refractivity contribution in [3.63, 3.8) is 0 Å². The molecule has 0 amide bonds. The molecule has 0 unspecified atom stereocenters. The molecule has 0 aliphatic heterocycles. The van der Waals surface area contributed by atoms with Crippen molar-refractivity contribution >= 4 is 17.3 Å². The number of benzene rings is 1. The third kappa shape index (κ3) is 2.44. The van der Waals surface area contributed by atoms with Crippen LogP contribution in [0.25, 0.3) is 0 Å². The molecule has 0 aliphatic carbocycles. The molecule has 1 heterocycles. The molecule has 0 bridgehead atoms. The van der Waals surface area contributed by atoms with Crippen LogP contribution in [0.2, 0.25) is 5.02 Å². The van der Waals surface area contributed by atoms with E-state index in [0.717, 1.165) is 5.56 Å². The average molecular weight is 224 g/mol. The highest BCUT2D eigenvalue weighted by molar-refractivity contribution is 6.32. The van der Waals surface area contributed by atoms with E-state index in [2.05, 4.69) is 0 Å². The number of rotatable bonds is 3. The number of nitrogens with two attached hydrogens (primary N) is 1. The molecule has 0 spiro atoms. The highest BCUT2D eigenvalue weighted by Crippen LogP contribution is 2.27. The topological polar surface area (TPSA) is 48.4 Å². The largest absolute Gasteiger partial charge is 0.487 e. The number of nitrogen functional groups attached to an aromatic ring is 1. The van der Waals surface area contributed by atoms with Crippen molar-refractivity contribution in [2.75, 3.05) is 5.73 Å². The molecule has 2 rings (SSSR count). The molecule has 2 aromatic rings. The number of ether oxygens (including phenoxy) is 1. The summed E-state index contributed by atoms with van der Waals surface area (Å²) in [5.74, 6) is 0.618. The summed E-state index contributed by atoms with van der Waals surface area (Å²) in [6.45, 7) is 0.431. The maximum Gasteiger partial charge on any atom is 0.138 e. The van der Waals surface area contributed by atoms with Crippen LogP contribution < -0.4 is 10.5 Å². The Morgan fingerprint density at radius 1 is 1.33 bits per heavy atom. The second-order valence-electron chi connectivity index (χ2n) is 3.11. The van der Waals surface area contributed by atoms with Crippen molar-refractivity contribution in [2.24, 2.45) is 0 Å². The smallest absolute Gasteiger partial charge is 0.138 e. The fourth-order valence-electron chi connectivity index (χ4n) is 1.17. The van der Waals surface area contributed by atoms with Gasteiger partial charge in [0.25, 0.3) is 0 Å².